The van der Waals surface area contributed by atoms with Gasteiger partial charge in [-0.25, -0.2) is 14.6 Å². The lowest BCUT2D eigenvalue weighted by Gasteiger charge is -2.32. The van der Waals surface area contributed by atoms with Gasteiger partial charge in [0.1, 0.15) is 17.8 Å². The van der Waals surface area contributed by atoms with E-state index in [4.69, 9.17) is 0 Å². The number of carbonyl (C=O) groups excluding carboxylic acids is 1. The number of rotatable bonds is 6. The summed E-state index contributed by atoms with van der Waals surface area (Å²) < 4.78 is 1.93. The van der Waals surface area contributed by atoms with Crippen LogP contribution in [0, 0.1) is 5.92 Å². The van der Waals surface area contributed by atoms with E-state index in [0.29, 0.717) is 18.2 Å². The SMILES string of the molecule is CCn1ncnc1CN1CCCC(CNC(=O)c2cnccn2)C1. The van der Waals surface area contributed by atoms with Crippen LogP contribution in [0.5, 0.6) is 0 Å². The number of aryl methyl sites for hydroxylation is 1. The molecular formula is C16H23N7O. The van der Waals surface area contributed by atoms with Gasteiger partial charge in [-0.2, -0.15) is 5.10 Å². The zero-order valence-electron chi connectivity index (χ0n) is 13.9. The maximum Gasteiger partial charge on any atom is 0.271 e. The lowest BCUT2D eigenvalue weighted by Crippen LogP contribution is -2.41. The first-order chi connectivity index (χ1) is 11.8. The van der Waals surface area contributed by atoms with E-state index in [1.807, 2.05) is 4.68 Å². The molecule has 1 aliphatic heterocycles. The largest absolute Gasteiger partial charge is 0.350 e. The fraction of sp³-hybridized carbons (Fsp3) is 0.562. The van der Waals surface area contributed by atoms with E-state index in [2.05, 4.69) is 37.2 Å². The summed E-state index contributed by atoms with van der Waals surface area (Å²) in [5, 5.41) is 7.19. The number of piperidine rings is 1. The molecule has 1 amide bonds. The van der Waals surface area contributed by atoms with Crippen LogP contribution in [-0.4, -0.2) is 55.2 Å². The first-order valence-electron chi connectivity index (χ1n) is 8.39. The lowest BCUT2D eigenvalue weighted by molar-refractivity contribution is 0.0924. The van der Waals surface area contributed by atoms with Gasteiger partial charge in [-0.3, -0.25) is 14.7 Å². The molecule has 24 heavy (non-hydrogen) atoms. The van der Waals surface area contributed by atoms with Gasteiger partial charge in [-0.05, 0) is 32.2 Å². The van der Waals surface area contributed by atoms with Crippen molar-refractivity contribution >= 4 is 5.91 Å². The Hall–Kier alpha value is -2.35. The predicted octanol–water partition coefficient (Wildman–Crippen LogP) is 0.730. The molecule has 0 aromatic carbocycles. The van der Waals surface area contributed by atoms with E-state index in [9.17, 15) is 4.79 Å². The van der Waals surface area contributed by atoms with Crippen LogP contribution in [-0.2, 0) is 13.1 Å². The molecule has 2 aromatic rings. The van der Waals surface area contributed by atoms with Crippen molar-refractivity contribution in [1.29, 1.82) is 0 Å². The summed E-state index contributed by atoms with van der Waals surface area (Å²) >= 11 is 0. The van der Waals surface area contributed by atoms with Crippen LogP contribution in [0.25, 0.3) is 0 Å². The Balaban J connectivity index is 1.50. The maximum absolute atomic E-state index is 12.1. The topological polar surface area (TPSA) is 88.8 Å². The highest BCUT2D eigenvalue weighted by Crippen LogP contribution is 2.17. The van der Waals surface area contributed by atoms with E-state index < -0.39 is 0 Å². The Labute approximate surface area is 141 Å². The minimum atomic E-state index is -0.161. The molecule has 1 N–H and O–H groups in total. The number of hydrogen-bond acceptors (Lipinski definition) is 6. The molecule has 0 spiro atoms. The Morgan fingerprint density at radius 1 is 1.38 bits per heavy atom. The van der Waals surface area contributed by atoms with Gasteiger partial charge in [0.05, 0.1) is 12.7 Å². The van der Waals surface area contributed by atoms with Crippen molar-refractivity contribution in [3.05, 3.63) is 36.4 Å². The molecular weight excluding hydrogens is 306 g/mol. The van der Waals surface area contributed by atoms with Crippen LogP contribution in [0.15, 0.2) is 24.9 Å². The molecule has 128 valence electrons. The number of nitrogens with zero attached hydrogens (tertiary/aromatic N) is 6. The third-order valence-corrected chi connectivity index (χ3v) is 4.31. The average molecular weight is 329 g/mol. The smallest absolute Gasteiger partial charge is 0.271 e. The zero-order chi connectivity index (χ0) is 16.8. The van der Waals surface area contributed by atoms with Gasteiger partial charge in [0.2, 0.25) is 0 Å². The molecule has 1 atom stereocenters. The summed E-state index contributed by atoms with van der Waals surface area (Å²) in [5.41, 5.74) is 0.362. The van der Waals surface area contributed by atoms with Crippen LogP contribution in [0.2, 0.25) is 0 Å². The standard InChI is InChI=1S/C16H23N7O/c1-2-23-15(20-12-21-23)11-22-7-3-4-13(10-22)8-19-16(24)14-9-17-5-6-18-14/h5-6,9,12-13H,2-4,7-8,10-11H2,1H3,(H,19,24). The van der Waals surface area contributed by atoms with Gasteiger partial charge >= 0.3 is 0 Å². The summed E-state index contributed by atoms with van der Waals surface area (Å²) in [6.07, 6.45) is 8.44. The van der Waals surface area contributed by atoms with Crippen molar-refractivity contribution in [3.8, 4) is 0 Å². The van der Waals surface area contributed by atoms with Gasteiger partial charge in [0.15, 0.2) is 0 Å². The van der Waals surface area contributed by atoms with Gasteiger partial charge in [0.25, 0.3) is 5.91 Å². The van der Waals surface area contributed by atoms with Crippen molar-refractivity contribution in [2.24, 2.45) is 5.92 Å². The number of carbonyl (C=O) groups is 1. The molecule has 1 aliphatic rings. The Kier molecular flexibility index (Phi) is 5.47. The number of hydrogen-bond donors (Lipinski definition) is 1. The summed E-state index contributed by atoms with van der Waals surface area (Å²) in [7, 11) is 0. The molecule has 1 fully saturated rings. The van der Waals surface area contributed by atoms with Crippen LogP contribution in [0.4, 0.5) is 0 Å². The molecule has 8 nitrogen and oxygen atoms in total. The Morgan fingerprint density at radius 2 is 2.29 bits per heavy atom. The number of aromatic nitrogens is 5. The Bertz CT molecular complexity index is 657. The van der Waals surface area contributed by atoms with E-state index in [0.717, 1.165) is 44.8 Å². The monoisotopic (exact) mass is 329 g/mol. The van der Waals surface area contributed by atoms with E-state index in [-0.39, 0.29) is 5.91 Å². The molecule has 1 saturated heterocycles. The highest BCUT2D eigenvalue weighted by atomic mass is 16.1. The first-order valence-corrected chi connectivity index (χ1v) is 8.39. The number of nitrogens with one attached hydrogen (secondary N) is 1. The molecule has 0 saturated carbocycles. The fourth-order valence-electron chi connectivity index (χ4n) is 3.08. The highest BCUT2D eigenvalue weighted by Gasteiger charge is 2.22. The minimum absolute atomic E-state index is 0.161. The quantitative estimate of drug-likeness (QED) is 0.840. The second kappa shape index (κ2) is 7.96. The fourth-order valence-corrected chi connectivity index (χ4v) is 3.08. The number of likely N-dealkylation sites (tertiary alicyclic amines) is 1. The van der Waals surface area contributed by atoms with Crippen LogP contribution < -0.4 is 5.32 Å². The predicted molar refractivity (Wildman–Crippen MR) is 88.1 cm³/mol. The zero-order valence-corrected chi connectivity index (χ0v) is 13.9. The maximum atomic E-state index is 12.1. The van der Waals surface area contributed by atoms with Gasteiger partial charge in [-0.1, -0.05) is 0 Å². The summed E-state index contributed by atoms with van der Waals surface area (Å²) in [5.74, 6) is 1.28. The number of amides is 1. The van der Waals surface area contributed by atoms with E-state index >= 15 is 0 Å². The van der Waals surface area contributed by atoms with Crippen molar-refractivity contribution in [3.63, 3.8) is 0 Å². The van der Waals surface area contributed by atoms with Gasteiger partial charge < -0.3 is 5.32 Å². The molecule has 0 radical (unpaired) electrons. The highest BCUT2D eigenvalue weighted by molar-refractivity contribution is 5.91. The van der Waals surface area contributed by atoms with Crippen LogP contribution in [0.1, 0.15) is 36.1 Å². The molecule has 3 rings (SSSR count). The van der Waals surface area contributed by atoms with Crippen molar-refractivity contribution in [1.82, 2.24) is 34.9 Å². The third kappa shape index (κ3) is 4.14. The lowest BCUT2D eigenvalue weighted by atomic mass is 9.98. The minimum Gasteiger partial charge on any atom is -0.350 e. The van der Waals surface area contributed by atoms with E-state index in [1.54, 1.807) is 12.5 Å². The second-order valence-corrected chi connectivity index (χ2v) is 6.04. The van der Waals surface area contributed by atoms with E-state index in [1.165, 1.54) is 12.4 Å². The van der Waals surface area contributed by atoms with Crippen LogP contribution >= 0.6 is 0 Å². The summed E-state index contributed by atoms with van der Waals surface area (Å²) in [6.45, 7) is 6.39. The molecule has 3 heterocycles. The first kappa shape index (κ1) is 16.5. The Morgan fingerprint density at radius 3 is 3.08 bits per heavy atom. The molecule has 0 bridgehead atoms. The average Bonchev–Trinajstić information content (AvgIpc) is 3.08. The molecule has 1 unspecified atom stereocenters. The van der Waals surface area contributed by atoms with Crippen molar-refractivity contribution in [2.45, 2.75) is 32.9 Å². The molecule has 0 aliphatic carbocycles. The summed E-state index contributed by atoms with van der Waals surface area (Å²) in [4.78, 5) is 26.7. The second-order valence-electron chi connectivity index (χ2n) is 6.04. The normalized spacial score (nSPS) is 18.5. The molecule has 2 aromatic heterocycles. The summed E-state index contributed by atoms with van der Waals surface area (Å²) in [6, 6.07) is 0. The molecule has 8 heteroatoms. The van der Waals surface area contributed by atoms with Gasteiger partial charge in [-0.15, -0.1) is 0 Å². The van der Waals surface area contributed by atoms with Crippen LogP contribution in [0.3, 0.4) is 0 Å². The third-order valence-electron chi connectivity index (χ3n) is 4.31. The van der Waals surface area contributed by atoms with Crippen molar-refractivity contribution in [2.75, 3.05) is 19.6 Å². The van der Waals surface area contributed by atoms with Crippen molar-refractivity contribution < 1.29 is 4.79 Å². The van der Waals surface area contributed by atoms with Gasteiger partial charge in [0, 0.05) is 32.0 Å².